The smallest absolute Gasteiger partial charge is 0.331 e. The zero-order valence-electron chi connectivity index (χ0n) is 15.1. The number of rotatable bonds is 5. The minimum atomic E-state index is -1.04. The highest BCUT2D eigenvalue weighted by Crippen LogP contribution is 2.35. The molecule has 3 nitrogen and oxygen atoms in total. The molecule has 3 heteroatoms. The van der Waals surface area contributed by atoms with E-state index in [4.69, 9.17) is 4.74 Å². The summed E-state index contributed by atoms with van der Waals surface area (Å²) in [5, 5.41) is 0. The topological polar surface area (TPSA) is 43.4 Å². The van der Waals surface area contributed by atoms with E-state index in [1.165, 1.54) is 6.08 Å². The fraction of sp³-hybridized carbons (Fsp3) is 0.304. The van der Waals surface area contributed by atoms with Gasteiger partial charge < -0.3 is 4.74 Å². The summed E-state index contributed by atoms with van der Waals surface area (Å²) in [6.07, 6.45) is 7.17. The van der Waals surface area contributed by atoms with Gasteiger partial charge in [0.1, 0.15) is 0 Å². The van der Waals surface area contributed by atoms with Crippen LogP contribution in [0.3, 0.4) is 0 Å². The van der Waals surface area contributed by atoms with Crippen molar-refractivity contribution in [1.82, 2.24) is 0 Å². The summed E-state index contributed by atoms with van der Waals surface area (Å²) in [4.78, 5) is 25.7. The largest absolute Gasteiger partial charge is 0.447 e. The van der Waals surface area contributed by atoms with Gasteiger partial charge in [0.2, 0.25) is 5.78 Å². The van der Waals surface area contributed by atoms with Gasteiger partial charge in [-0.25, -0.2) is 4.79 Å². The van der Waals surface area contributed by atoms with E-state index in [0.717, 1.165) is 30.4 Å². The highest BCUT2D eigenvalue weighted by molar-refractivity contribution is 6.05. The maximum atomic E-state index is 13.3. The van der Waals surface area contributed by atoms with E-state index in [1.54, 1.807) is 6.08 Å². The molecule has 0 spiro atoms. The Labute approximate surface area is 154 Å². The van der Waals surface area contributed by atoms with Crippen LogP contribution in [0, 0.1) is 6.92 Å². The van der Waals surface area contributed by atoms with Crippen molar-refractivity contribution in [2.45, 2.75) is 44.6 Å². The van der Waals surface area contributed by atoms with Crippen molar-refractivity contribution in [2.75, 3.05) is 0 Å². The highest BCUT2D eigenvalue weighted by atomic mass is 16.6. The van der Waals surface area contributed by atoms with E-state index in [9.17, 15) is 9.59 Å². The first kappa shape index (κ1) is 18.1. The van der Waals surface area contributed by atoms with Gasteiger partial charge in [-0.3, -0.25) is 4.79 Å². The molecule has 0 saturated heterocycles. The molecule has 26 heavy (non-hydrogen) atoms. The molecule has 0 N–H and O–H groups in total. The molecule has 3 rings (SSSR count). The second kappa shape index (κ2) is 8.13. The summed E-state index contributed by atoms with van der Waals surface area (Å²) >= 11 is 0. The first-order chi connectivity index (χ1) is 12.6. The van der Waals surface area contributed by atoms with Crippen molar-refractivity contribution in [2.24, 2.45) is 0 Å². The molecule has 1 fully saturated rings. The Morgan fingerprint density at radius 2 is 1.58 bits per heavy atom. The first-order valence-corrected chi connectivity index (χ1v) is 9.17. The predicted molar refractivity (Wildman–Crippen MR) is 103 cm³/mol. The van der Waals surface area contributed by atoms with Gasteiger partial charge in [0.15, 0.2) is 5.60 Å². The van der Waals surface area contributed by atoms with Gasteiger partial charge in [-0.15, -0.1) is 0 Å². The molecule has 1 saturated carbocycles. The minimum absolute atomic E-state index is 0.0724. The van der Waals surface area contributed by atoms with Gasteiger partial charge in [0.25, 0.3) is 0 Å². The second-order valence-corrected chi connectivity index (χ2v) is 6.86. The van der Waals surface area contributed by atoms with Crippen molar-refractivity contribution >= 4 is 17.8 Å². The number of carbonyl (C=O) groups is 2. The predicted octanol–water partition coefficient (Wildman–Crippen LogP) is 5.14. The minimum Gasteiger partial charge on any atom is -0.447 e. The van der Waals surface area contributed by atoms with E-state index in [-0.39, 0.29) is 5.78 Å². The van der Waals surface area contributed by atoms with Crippen molar-refractivity contribution in [3.63, 3.8) is 0 Å². The fourth-order valence-electron chi connectivity index (χ4n) is 3.53. The van der Waals surface area contributed by atoms with Gasteiger partial charge in [-0.2, -0.15) is 0 Å². The Hall–Kier alpha value is -2.68. The summed E-state index contributed by atoms with van der Waals surface area (Å²) in [6, 6.07) is 17.1. The van der Waals surface area contributed by atoms with Crippen LogP contribution < -0.4 is 0 Å². The Morgan fingerprint density at radius 3 is 2.27 bits per heavy atom. The molecule has 0 amide bonds. The molecule has 0 atom stereocenters. The Bertz CT molecular complexity index is 799. The van der Waals surface area contributed by atoms with Crippen LogP contribution in [-0.4, -0.2) is 17.4 Å². The molecule has 0 unspecified atom stereocenters. The molecule has 0 aliphatic heterocycles. The van der Waals surface area contributed by atoms with E-state index in [1.807, 2.05) is 61.5 Å². The Balaban J connectivity index is 1.81. The monoisotopic (exact) mass is 348 g/mol. The SMILES string of the molecule is Cc1ccccc1C(=O)C1(OC(=O)C=Cc2ccccc2)CCCCC1. The third-order valence-corrected chi connectivity index (χ3v) is 4.97. The molecule has 0 aromatic heterocycles. The van der Waals surface area contributed by atoms with Gasteiger partial charge >= 0.3 is 5.97 Å². The number of benzene rings is 2. The number of ether oxygens (including phenoxy) is 1. The van der Waals surface area contributed by atoms with E-state index in [0.29, 0.717) is 18.4 Å². The van der Waals surface area contributed by atoms with E-state index in [2.05, 4.69) is 0 Å². The Morgan fingerprint density at radius 1 is 0.923 bits per heavy atom. The molecular weight excluding hydrogens is 324 g/mol. The lowest BCUT2D eigenvalue weighted by atomic mass is 9.78. The molecule has 0 bridgehead atoms. The number of Topliss-reactive ketones (excluding diaryl/α,β-unsaturated/α-hetero) is 1. The van der Waals surface area contributed by atoms with Crippen LogP contribution in [0.5, 0.6) is 0 Å². The van der Waals surface area contributed by atoms with Crippen LogP contribution in [0.25, 0.3) is 6.08 Å². The first-order valence-electron chi connectivity index (χ1n) is 9.17. The number of carbonyl (C=O) groups excluding carboxylic acids is 2. The molecule has 2 aromatic rings. The molecule has 0 radical (unpaired) electrons. The van der Waals surface area contributed by atoms with Gasteiger partial charge in [0, 0.05) is 11.6 Å². The van der Waals surface area contributed by atoms with E-state index < -0.39 is 11.6 Å². The summed E-state index contributed by atoms with van der Waals surface area (Å²) < 4.78 is 5.80. The van der Waals surface area contributed by atoms with Crippen LogP contribution in [0.15, 0.2) is 60.7 Å². The average Bonchev–Trinajstić information content (AvgIpc) is 2.68. The molecule has 1 aliphatic rings. The summed E-state index contributed by atoms with van der Waals surface area (Å²) in [6.45, 7) is 1.92. The van der Waals surface area contributed by atoms with Crippen LogP contribution in [0.4, 0.5) is 0 Å². The maximum absolute atomic E-state index is 13.3. The number of ketones is 1. The lowest BCUT2D eigenvalue weighted by molar-refractivity contribution is -0.151. The standard InChI is InChI=1S/C23H24O3/c1-18-10-6-7-13-20(18)22(25)23(16-8-3-9-17-23)26-21(24)15-14-19-11-4-2-5-12-19/h2,4-7,10-15H,3,8-9,16-17H2,1H3. The lowest BCUT2D eigenvalue weighted by Crippen LogP contribution is -2.45. The molecule has 1 aliphatic carbocycles. The highest BCUT2D eigenvalue weighted by Gasteiger charge is 2.43. The van der Waals surface area contributed by atoms with Crippen molar-refractivity contribution in [3.8, 4) is 0 Å². The zero-order valence-corrected chi connectivity index (χ0v) is 15.1. The number of aryl methyl sites for hydroxylation is 1. The maximum Gasteiger partial charge on any atom is 0.331 e. The molecular formula is C23H24O3. The Kier molecular flexibility index (Phi) is 5.67. The number of hydrogen-bond donors (Lipinski definition) is 0. The molecule has 2 aromatic carbocycles. The molecule has 0 heterocycles. The van der Waals surface area contributed by atoms with Crippen molar-refractivity contribution < 1.29 is 14.3 Å². The fourth-order valence-corrected chi connectivity index (χ4v) is 3.53. The van der Waals surface area contributed by atoms with Crippen LogP contribution in [0.1, 0.15) is 53.6 Å². The quantitative estimate of drug-likeness (QED) is 0.427. The third-order valence-electron chi connectivity index (χ3n) is 4.97. The van der Waals surface area contributed by atoms with Crippen LogP contribution in [0.2, 0.25) is 0 Å². The van der Waals surface area contributed by atoms with Gasteiger partial charge in [-0.05, 0) is 49.8 Å². The summed E-state index contributed by atoms with van der Waals surface area (Å²) in [5.74, 6) is -0.533. The van der Waals surface area contributed by atoms with E-state index >= 15 is 0 Å². The lowest BCUT2D eigenvalue weighted by Gasteiger charge is -2.35. The van der Waals surface area contributed by atoms with Gasteiger partial charge in [0.05, 0.1) is 0 Å². The zero-order chi connectivity index (χ0) is 18.4. The van der Waals surface area contributed by atoms with Crippen molar-refractivity contribution in [1.29, 1.82) is 0 Å². The summed E-state index contributed by atoms with van der Waals surface area (Å²) in [7, 11) is 0. The summed E-state index contributed by atoms with van der Waals surface area (Å²) in [5.41, 5.74) is 1.45. The number of hydrogen-bond acceptors (Lipinski definition) is 3. The molecule has 134 valence electrons. The van der Waals surface area contributed by atoms with Crippen LogP contribution >= 0.6 is 0 Å². The van der Waals surface area contributed by atoms with Gasteiger partial charge in [-0.1, -0.05) is 61.0 Å². The van der Waals surface area contributed by atoms with Crippen LogP contribution in [-0.2, 0) is 9.53 Å². The third kappa shape index (κ3) is 4.10. The second-order valence-electron chi connectivity index (χ2n) is 6.86. The number of esters is 1. The average molecular weight is 348 g/mol. The van der Waals surface area contributed by atoms with Crippen molar-refractivity contribution in [3.05, 3.63) is 77.4 Å². The normalized spacial score (nSPS) is 16.3.